The Kier molecular flexibility index (Phi) is 2.22. The van der Waals surface area contributed by atoms with Crippen LogP contribution < -0.4 is 0 Å². The number of aromatic amines is 1. The van der Waals surface area contributed by atoms with E-state index in [4.69, 9.17) is 0 Å². The zero-order valence-electron chi connectivity index (χ0n) is 9.50. The molecule has 1 nitrogen and oxygen atoms in total. The Morgan fingerprint density at radius 1 is 0.941 bits per heavy atom. The fraction of sp³-hybridized carbons (Fsp3) is 0.0667. The molecule has 17 heavy (non-hydrogen) atoms. The second kappa shape index (κ2) is 3.74. The standard InChI is InChI=1S/C15H12FN/c1-10-9-11-5-4-7-13(15(11)17-10)12-6-2-3-8-14(12)16/h2-9,17H,1H3. The molecule has 0 fully saturated rings. The van der Waals surface area contributed by atoms with Gasteiger partial charge in [0.2, 0.25) is 0 Å². The Labute approximate surface area is 98.9 Å². The molecule has 0 aliphatic rings. The predicted octanol–water partition coefficient (Wildman–Crippen LogP) is 4.28. The van der Waals surface area contributed by atoms with Crippen molar-refractivity contribution < 1.29 is 4.39 Å². The van der Waals surface area contributed by atoms with Crippen molar-refractivity contribution in [3.8, 4) is 11.1 Å². The molecule has 0 saturated carbocycles. The van der Waals surface area contributed by atoms with E-state index in [0.717, 1.165) is 22.2 Å². The maximum atomic E-state index is 13.8. The Hall–Kier alpha value is -2.09. The van der Waals surface area contributed by atoms with Crippen LogP contribution in [0.25, 0.3) is 22.0 Å². The summed E-state index contributed by atoms with van der Waals surface area (Å²) in [7, 11) is 0. The highest BCUT2D eigenvalue weighted by molar-refractivity contribution is 5.94. The van der Waals surface area contributed by atoms with Crippen LogP contribution in [-0.4, -0.2) is 4.98 Å². The van der Waals surface area contributed by atoms with E-state index in [1.807, 2.05) is 31.2 Å². The molecule has 2 heteroatoms. The number of para-hydroxylation sites is 1. The molecule has 0 spiro atoms. The van der Waals surface area contributed by atoms with E-state index >= 15 is 0 Å². The zero-order valence-corrected chi connectivity index (χ0v) is 9.50. The van der Waals surface area contributed by atoms with Crippen LogP contribution >= 0.6 is 0 Å². The molecule has 1 heterocycles. The van der Waals surface area contributed by atoms with Crippen LogP contribution in [0, 0.1) is 12.7 Å². The highest BCUT2D eigenvalue weighted by atomic mass is 19.1. The summed E-state index contributed by atoms with van der Waals surface area (Å²) in [4.78, 5) is 3.29. The maximum Gasteiger partial charge on any atom is 0.131 e. The normalized spacial score (nSPS) is 10.9. The van der Waals surface area contributed by atoms with Crippen molar-refractivity contribution in [1.29, 1.82) is 0 Å². The average Bonchev–Trinajstić information content (AvgIpc) is 2.70. The van der Waals surface area contributed by atoms with E-state index < -0.39 is 0 Å². The molecule has 3 rings (SSSR count). The summed E-state index contributed by atoms with van der Waals surface area (Å²) >= 11 is 0. The van der Waals surface area contributed by atoms with Gasteiger partial charge >= 0.3 is 0 Å². The van der Waals surface area contributed by atoms with Crippen molar-refractivity contribution in [2.24, 2.45) is 0 Å². The predicted molar refractivity (Wildman–Crippen MR) is 68.4 cm³/mol. The summed E-state index contributed by atoms with van der Waals surface area (Å²) < 4.78 is 13.8. The minimum absolute atomic E-state index is 0.188. The summed E-state index contributed by atoms with van der Waals surface area (Å²) in [5, 5.41) is 1.11. The van der Waals surface area contributed by atoms with Crippen molar-refractivity contribution in [2.75, 3.05) is 0 Å². The Morgan fingerprint density at radius 3 is 2.53 bits per heavy atom. The van der Waals surface area contributed by atoms with Gasteiger partial charge in [0.25, 0.3) is 0 Å². The average molecular weight is 225 g/mol. The van der Waals surface area contributed by atoms with Gasteiger partial charge in [0.05, 0.1) is 5.52 Å². The van der Waals surface area contributed by atoms with E-state index in [-0.39, 0.29) is 5.82 Å². The smallest absolute Gasteiger partial charge is 0.131 e. The van der Waals surface area contributed by atoms with E-state index in [2.05, 4.69) is 11.1 Å². The van der Waals surface area contributed by atoms with Gasteiger partial charge in [-0.3, -0.25) is 0 Å². The largest absolute Gasteiger partial charge is 0.358 e. The second-order valence-corrected chi connectivity index (χ2v) is 4.20. The van der Waals surface area contributed by atoms with Crippen LogP contribution in [0.2, 0.25) is 0 Å². The molecule has 0 radical (unpaired) electrons. The van der Waals surface area contributed by atoms with E-state index in [0.29, 0.717) is 5.56 Å². The van der Waals surface area contributed by atoms with Gasteiger partial charge in [-0.1, -0.05) is 36.4 Å². The Bertz CT molecular complexity index is 682. The molecule has 2 aromatic carbocycles. The van der Waals surface area contributed by atoms with Gasteiger partial charge in [0.15, 0.2) is 0 Å². The molecule has 84 valence electrons. The molecule has 0 unspecified atom stereocenters. The van der Waals surface area contributed by atoms with Gasteiger partial charge < -0.3 is 4.98 Å². The third-order valence-electron chi connectivity index (χ3n) is 2.95. The summed E-state index contributed by atoms with van der Waals surface area (Å²) in [6.07, 6.45) is 0. The summed E-state index contributed by atoms with van der Waals surface area (Å²) in [5.74, 6) is -0.188. The fourth-order valence-electron chi connectivity index (χ4n) is 2.20. The van der Waals surface area contributed by atoms with Gasteiger partial charge in [-0.25, -0.2) is 4.39 Å². The number of nitrogens with one attached hydrogen (secondary N) is 1. The van der Waals surface area contributed by atoms with Crippen molar-refractivity contribution in [2.45, 2.75) is 6.92 Å². The molecular weight excluding hydrogens is 213 g/mol. The molecule has 0 bridgehead atoms. The van der Waals surface area contributed by atoms with Crippen molar-refractivity contribution in [1.82, 2.24) is 4.98 Å². The van der Waals surface area contributed by atoms with Crippen LogP contribution in [-0.2, 0) is 0 Å². The van der Waals surface area contributed by atoms with Gasteiger partial charge in [0.1, 0.15) is 5.82 Å². The molecule has 0 atom stereocenters. The minimum Gasteiger partial charge on any atom is -0.358 e. The molecule has 3 aromatic rings. The number of halogens is 1. The lowest BCUT2D eigenvalue weighted by molar-refractivity contribution is 0.631. The summed E-state index contributed by atoms with van der Waals surface area (Å²) in [6, 6.07) is 14.9. The highest BCUT2D eigenvalue weighted by Crippen LogP contribution is 2.30. The molecule has 1 aromatic heterocycles. The molecule has 0 saturated heterocycles. The Balaban J connectivity index is 2.34. The fourth-order valence-corrected chi connectivity index (χ4v) is 2.20. The van der Waals surface area contributed by atoms with E-state index in [1.54, 1.807) is 12.1 Å². The van der Waals surface area contributed by atoms with Gasteiger partial charge in [-0.15, -0.1) is 0 Å². The maximum absolute atomic E-state index is 13.8. The number of benzene rings is 2. The van der Waals surface area contributed by atoms with Gasteiger partial charge in [-0.05, 0) is 19.1 Å². The first-order chi connectivity index (χ1) is 8.25. The number of H-pyrrole nitrogens is 1. The molecule has 1 N–H and O–H groups in total. The van der Waals surface area contributed by atoms with E-state index in [9.17, 15) is 4.39 Å². The minimum atomic E-state index is -0.188. The van der Waals surface area contributed by atoms with Crippen LogP contribution in [0.3, 0.4) is 0 Å². The molecule has 0 amide bonds. The number of fused-ring (bicyclic) bond motifs is 1. The molecular formula is C15H12FN. The second-order valence-electron chi connectivity index (χ2n) is 4.20. The third-order valence-corrected chi connectivity index (χ3v) is 2.95. The topological polar surface area (TPSA) is 15.8 Å². The number of rotatable bonds is 1. The highest BCUT2D eigenvalue weighted by Gasteiger charge is 2.09. The van der Waals surface area contributed by atoms with Crippen LogP contribution in [0.5, 0.6) is 0 Å². The number of hydrogen-bond acceptors (Lipinski definition) is 0. The number of aryl methyl sites for hydroxylation is 1. The lowest BCUT2D eigenvalue weighted by atomic mass is 10.0. The lowest BCUT2D eigenvalue weighted by Crippen LogP contribution is -1.85. The zero-order chi connectivity index (χ0) is 11.8. The first kappa shape index (κ1) is 10.1. The van der Waals surface area contributed by atoms with Crippen molar-refractivity contribution in [3.63, 3.8) is 0 Å². The third kappa shape index (κ3) is 1.62. The summed E-state index contributed by atoms with van der Waals surface area (Å²) in [6.45, 7) is 2.01. The first-order valence-electron chi connectivity index (χ1n) is 5.59. The van der Waals surface area contributed by atoms with Crippen LogP contribution in [0.4, 0.5) is 4.39 Å². The van der Waals surface area contributed by atoms with Crippen LogP contribution in [0.15, 0.2) is 48.5 Å². The van der Waals surface area contributed by atoms with Crippen LogP contribution in [0.1, 0.15) is 5.69 Å². The first-order valence-corrected chi connectivity index (χ1v) is 5.59. The SMILES string of the molecule is Cc1cc2cccc(-c3ccccc3F)c2[nH]1. The van der Waals surface area contributed by atoms with Gasteiger partial charge in [-0.2, -0.15) is 0 Å². The van der Waals surface area contributed by atoms with E-state index in [1.165, 1.54) is 6.07 Å². The quantitative estimate of drug-likeness (QED) is 0.636. The Morgan fingerprint density at radius 2 is 1.71 bits per heavy atom. The summed E-state index contributed by atoms with van der Waals surface area (Å²) in [5.41, 5.74) is 3.63. The monoisotopic (exact) mass is 225 g/mol. The van der Waals surface area contributed by atoms with Gasteiger partial charge in [0, 0.05) is 22.2 Å². The number of hydrogen-bond donors (Lipinski definition) is 1. The molecule has 0 aliphatic heterocycles. The molecule has 0 aliphatic carbocycles. The number of aromatic nitrogens is 1. The van der Waals surface area contributed by atoms with Crippen molar-refractivity contribution in [3.05, 3.63) is 60.0 Å². The lowest BCUT2D eigenvalue weighted by Gasteiger charge is -2.04. The van der Waals surface area contributed by atoms with Crippen molar-refractivity contribution >= 4 is 10.9 Å².